The van der Waals surface area contributed by atoms with Crippen molar-refractivity contribution < 1.29 is 20.5 Å². The van der Waals surface area contributed by atoms with Crippen LogP contribution in [0.25, 0.3) is 0 Å². The van der Waals surface area contributed by atoms with Crippen LogP contribution in [0.2, 0.25) is 0 Å². The van der Waals surface area contributed by atoms with Crippen molar-refractivity contribution >= 4 is 0 Å². The first-order chi connectivity index (χ1) is 9.66. The average molecular weight is 274 g/mol. The zero-order valence-corrected chi connectivity index (χ0v) is 11.2. The van der Waals surface area contributed by atoms with Gasteiger partial charge >= 0.3 is 0 Å². The van der Waals surface area contributed by atoms with Crippen LogP contribution >= 0.6 is 0 Å². The third-order valence-corrected chi connectivity index (χ3v) is 3.23. The van der Waals surface area contributed by atoms with E-state index in [4.69, 9.17) is 0 Å². The number of aliphatic hydroxyl groups is 2. The summed E-state index contributed by atoms with van der Waals surface area (Å²) in [4.78, 5) is 0. The maximum Gasteiger partial charge on any atom is 0.137 e. The Morgan fingerprint density at radius 2 is 1.05 bits per heavy atom. The molecule has 2 atom stereocenters. The summed E-state index contributed by atoms with van der Waals surface area (Å²) < 4.78 is 0. The Hall–Kier alpha value is -1.72. The van der Waals surface area contributed by atoms with E-state index in [0.29, 0.717) is 0 Å². The second kappa shape index (κ2) is 7.17. The third-order valence-electron chi connectivity index (χ3n) is 3.23. The third kappa shape index (κ3) is 4.15. The molecule has 106 valence electrons. The van der Waals surface area contributed by atoms with E-state index in [1.807, 2.05) is 60.7 Å². The predicted molar refractivity (Wildman–Crippen MR) is 75.3 cm³/mol. The summed E-state index contributed by atoms with van der Waals surface area (Å²) in [6.07, 6.45) is -1.50. The van der Waals surface area contributed by atoms with Crippen LogP contribution in [0, 0.1) is 0 Å². The van der Waals surface area contributed by atoms with Crippen LogP contribution in [0.5, 0.6) is 0 Å². The molecule has 2 aromatic rings. The van der Waals surface area contributed by atoms with Gasteiger partial charge in [0.25, 0.3) is 0 Å². The summed E-state index contributed by atoms with van der Waals surface area (Å²) in [5.74, 6) is 0. The van der Waals surface area contributed by atoms with E-state index in [1.165, 1.54) is 0 Å². The second-order valence-corrected chi connectivity index (χ2v) is 4.83. The summed E-state index contributed by atoms with van der Waals surface area (Å²) in [6.45, 7) is 0.266. The van der Waals surface area contributed by atoms with Crippen molar-refractivity contribution in [1.82, 2.24) is 0 Å². The molecule has 0 heterocycles. The topological polar surface area (TPSA) is 65.1 Å². The molecule has 20 heavy (non-hydrogen) atoms. The van der Waals surface area contributed by atoms with Gasteiger partial charge in [0.15, 0.2) is 0 Å². The highest BCUT2D eigenvalue weighted by molar-refractivity contribution is 5.18. The smallest absolute Gasteiger partial charge is 0.137 e. The molecule has 4 N–H and O–H groups in total. The van der Waals surface area contributed by atoms with Crippen LogP contribution in [-0.4, -0.2) is 28.5 Å². The van der Waals surface area contributed by atoms with Gasteiger partial charge in [-0.15, -0.1) is 0 Å². The molecule has 0 amide bonds. The average Bonchev–Trinajstić information content (AvgIpc) is 2.49. The van der Waals surface area contributed by atoms with E-state index in [-0.39, 0.29) is 18.2 Å². The van der Waals surface area contributed by atoms with Crippen molar-refractivity contribution in [1.29, 1.82) is 0 Å². The van der Waals surface area contributed by atoms with Crippen molar-refractivity contribution in [2.75, 3.05) is 13.1 Å². The van der Waals surface area contributed by atoms with Crippen molar-refractivity contribution in [2.45, 2.75) is 12.2 Å². The molecule has 0 fully saturated rings. The fourth-order valence-electron chi connectivity index (χ4n) is 2.12. The molecule has 0 aromatic heterocycles. The normalized spacial score (nSPS) is 15.6. The lowest BCUT2D eigenvalue weighted by Crippen LogP contribution is -3.10. The Morgan fingerprint density at radius 1 is 0.700 bits per heavy atom. The van der Waals surface area contributed by atoms with Crippen LogP contribution in [0.1, 0.15) is 23.3 Å². The largest absolute Gasteiger partial charge is 0.382 e. The van der Waals surface area contributed by atoms with Crippen LogP contribution < -0.4 is 5.06 Å². The Balaban J connectivity index is 1.88. The number of quaternary nitrogens is 1. The van der Waals surface area contributed by atoms with Crippen LogP contribution in [0.15, 0.2) is 60.7 Å². The fraction of sp³-hybridized carbons (Fsp3) is 0.250. The van der Waals surface area contributed by atoms with Gasteiger partial charge < -0.3 is 10.2 Å². The predicted octanol–water partition coefficient (Wildman–Crippen LogP) is 0.728. The molecule has 2 aromatic carbocycles. The van der Waals surface area contributed by atoms with Crippen molar-refractivity contribution in [3.05, 3.63) is 71.8 Å². The SMILES string of the molecule is OC(C[NH+](O)CC(O)c1ccccc1)c1ccccc1. The lowest BCUT2D eigenvalue weighted by Gasteiger charge is -2.18. The highest BCUT2D eigenvalue weighted by atomic mass is 16.5. The molecule has 0 bridgehead atoms. The van der Waals surface area contributed by atoms with Gasteiger partial charge in [0.1, 0.15) is 25.3 Å². The molecule has 2 rings (SSSR count). The Bertz CT molecular complexity index is 456. The zero-order chi connectivity index (χ0) is 14.4. The minimum atomic E-state index is -0.751. The van der Waals surface area contributed by atoms with E-state index in [1.54, 1.807) is 0 Å². The van der Waals surface area contributed by atoms with Crippen molar-refractivity contribution in [3.8, 4) is 0 Å². The van der Waals surface area contributed by atoms with Gasteiger partial charge in [-0.1, -0.05) is 60.7 Å². The van der Waals surface area contributed by atoms with Gasteiger partial charge in [0, 0.05) is 0 Å². The number of rotatable bonds is 6. The number of aliphatic hydroxyl groups excluding tert-OH is 2. The molecular formula is C16H20NO3+. The monoisotopic (exact) mass is 274 g/mol. The molecule has 0 spiro atoms. The molecule has 4 nitrogen and oxygen atoms in total. The highest BCUT2D eigenvalue weighted by Gasteiger charge is 2.19. The molecule has 0 aliphatic heterocycles. The summed E-state index contributed by atoms with van der Waals surface area (Å²) in [5.41, 5.74) is 1.52. The van der Waals surface area contributed by atoms with E-state index >= 15 is 0 Å². The summed E-state index contributed by atoms with van der Waals surface area (Å²) in [7, 11) is 0. The summed E-state index contributed by atoms with van der Waals surface area (Å²) >= 11 is 0. The van der Waals surface area contributed by atoms with Gasteiger partial charge in [-0.2, -0.15) is 5.06 Å². The van der Waals surface area contributed by atoms with Crippen LogP contribution in [0.3, 0.4) is 0 Å². The van der Waals surface area contributed by atoms with Crippen molar-refractivity contribution in [3.63, 3.8) is 0 Å². The number of hydroxylamine groups is 2. The maximum absolute atomic E-state index is 10.0. The lowest BCUT2D eigenvalue weighted by molar-refractivity contribution is -1.09. The Kier molecular flexibility index (Phi) is 5.26. The first-order valence-electron chi connectivity index (χ1n) is 6.66. The molecule has 0 saturated heterocycles. The molecular weight excluding hydrogens is 254 g/mol. The summed E-state index contributed by atoms with van der Waals surface area (Å²) in [5, 5.41) is 30.0. The number of benzene rings is 2. The standard InChI is InChI=1S/C16H19NO3/c18-15(13-7-3-1-4-8-13)11-17(20)12-16(19)14-9-5-2-6-10-14/h1-10,15-16,18-20H,11-12H2/p+1. The van der Waals surface area contributed by atoms with E-state index in [9.17, 15) is 15.4 Å². The van der Waals surface area contributed by atoms with Gasteiger partial charge in [-0.05, 0) is 11.1 Å². The zero-order valence-electron chi connectivity index (χ0n) is 11.2. The Morgan fingerprint density at radius 3 is 1.40 bits per heavy atom. The molecule has 2 unspecified atom stereocenters. The molecule has 0 aliphatic carbocycles. The fourth-order valence-corrected chi connectivity index (χ4v) is 2.12. The highest BCUT2D eigenvalue weighted by Crippen LogP contribution is 2.11. The van der Waals surface area contributed by atoms with E-state index < -0.39 is 12.2 Å². The van der Waals surface area contributed by atoms with Gasteiger partial charge in [-0.25, -0.2) is 5.21 Å². The second-order valence-electron chi connectivity index (χ2n) is 4.83. The van der Waals surface area contributed by atoms with Gasteiger partial charge in [-0.3, -0.25) is 0 Å². The molecule has 0 aliphatic rings. The molecule has 0 radical (unpaired) electrons. The summed E-state index contributed by atoms with van der Waals surface area (Å²) in [6, 6.07) is 18.4. The Labute approximate surface area is 118 Å². The molecule has 4 heteroatoms. The lowest BCUT2D eigenvalue weighted by atomic mass is 10.1. The maximum atomic E-state index is 10.0. The quantitative estimate of drug-likeness (QED) is 0.587. The van der Waals surface area contributed by atoms with Crippen LogP contribution in [-0.2, 0) is 0 Å². The number of nitrogens with one attached hydrogen (secondary N) is 1. The number of hydrogen-bond donors (Lipinski definition) is 4. The minimum Gasteiger partial charge on any atom is -0.382 e. The molecule has 0 saturated carbocycles. The minimum absolute atomic E-state index is 0.0951. The van der Waals surface area contributed by atoms with E-state index in [0.717, 1.165) is 11.1 Å². The van der Waals surface area contributed by atoms with Crippen LogP contribution in [0.4, 0.5) is 0 Å². The first kappa shape index (κ1) is 14.7. The van der Waals surface area contributed by atoms with E-state index in [2.05, 4.69) is 0 Å². The van der Waals surface area contributed by atoms with Crippen molar-refractivity contribution in [2.24, 2.45) is 0 Å². The van der Waals surface area contributed by atoms with Gasteiger partial charge in [0.2, 0.25) is 0 Å². The van der Waals surface area contributed by atoms with Gasteiger partial charge in [0.05, 0.1) is 0 Å². The first-order valence-corrected chi connectivity index (χ1v) is 6.66. The number of hydrogen-bond acceptors (Lipinski definition) is 3.